The number of carbonyl (C=O) groups excluding carboxylic acids is 3. The van der Waals surface area contributed by atoms with Gasteiger partial charge in [0.2, 0.25) is 17.7 Å². The molecule has 3 amide bonds. The van der Waals surface area contributed by atoms with E-state index in [-0.39, 0.29) is 24.5 Å². The van der Waals surface area contributed by atoms with Crippen LogP contribution in [0.25, 0.3) is 0 Å². The summed E-state index contributed by atoms with van der Waals surface area (Å²) in [6, 6.07) is 13.7. The normalized spacial score (nSPS) is 12.6. The van der Waals surface area contributed by atoms with Crippen LogP contribution in [0.1, 0.15) is 18.1 Å². The molecule has 2 aromatic carbocycles. The minimum absolute atomic E-state index is 0.107. The molecule has 142 valence electrons. The molecule has 0 fully saturated rings. The first kappa shape index (κ1) is 20.0. The fourth-order valence-electron chi connectivity index (χ4n) is 2.67. The number of phenolic OH excluding ortho intramolecular Hbond substituents is 1. The number of carbonyl (C=O) groups is 3. The molecule has 0 saturated carbocycles. The fourth-order valence-corrected chi connectivity index (χ4v) is 2.67. The van der Waals surface area contributed by atoms with Crippen molar-refractivity contribution < 1.29 is 19.5 Å². The standard InChI is InChI=1S/C20H23N3O4/c1-13(24)22-18(12-15-7-9-16(25)10-8-15)20(27)23-17(19(21)26)11-14-5-3-2-4-6-14/h2-10,17-18,25H,11-12H2,1H3,(H2,21,26)(H,22,24)(H,23,27)/t17-,18-/m0/s1. The maximum Gasteiger partial charge on any atom is 0.243 e. The van der Waals surface area contributed by atoms with Gasteiger partial charge in [0.1, 0.15) is 17.8 Å². The Hall–Kier alpha value is -3.35. The number of primary amides is 1. The van der Waals surface area contributed by atoms with Gasteiger partial charge in [0.15, 0.2) is 0 Å². The minimum atomic E-state index is -0.893. The molecule has 27 heavy (non-hydrogen) atoms. The van der Waals surface area contributed by atoms with E-state index in [1.807, 2.05) is 30.3 Å². The summed E-state index contributed by atoms with van der Waals surface area (Å²) < 4.78 is 0. The zero-order chi connectivity index (χ0) is 19.8. The zero-order valence-corrected chi connectivity index (χ0v) is 15.0. The first-order valence-corrected chi connectivity index (χ1v) is 8.54. The van der Waals surface area contributed by atoms with Crippen LogP contribution in [0.4, 0.5) is 0 Å². The minimum Gasteiger partial charge on any atom is -0.508 e. The summed E-state index contributed by atoms with van der Waals surface area (Å²) >= 11 is 0. The highest BCUT2D eigenvalue weighted by atomic mass is 16.3. The van der Waals surface area contributed by atoms with Gasteiger partial charge >= 0.3 is 0 Å². The first-order chi connectivity index (χ1) is 12.8. The van der Waals surface area contributed by atoms with E-state index < -0.39 is 23.9 Å². The fraction of sp³-hybridized carbons (Fsp3) is 0.250. The van der Waals surface area contributed by atoms with Gasteiger partial charge in [-0.2, -0.15) is 0 Å². The van der Waals surface area contributed by atoms with Gasteiger partial charge in [-0.1, -0.05) is 42.5 Å². The summed E-state index contributed by atoms with van der Waals surface area (Å²) in [5.41, 5.74) is 7.04. The monoisotopic (exact) mass is 369 g/mol. The Labute approximate surface area is 157 Å². The second-order valence-electron chi connectivity index (χ2n) is 6.28. The lowest BCUT2D eigenvalue weighted by atomic mass is 10.0. The molecule has 0 aromatic heterocycles. The predicted molar refractivity (Wildman–Crippen MR) is 101 cm³/mol. The Balaban J connectivity index is 2.10. The first-order valence-electron chi connectivity index (χ1n) is 8.54. The topological polar surface area (TPSA) is 122 Å². The Kier molecular flexibility index (Phi) is 6.93. The van der Waals surface area contributed by atoms with E-state index >= 15 is 0 Å². The predicted octanol–water partition coefficient (Wildman–Crippen LogP) is 0.652. The summed E-state index contributed by atoms with van der Waals surface area (Å²) in [5.74, 6) is -1.42. The van der Waals surface area contributed by atoms with Crippen molar-refractivity contribution in [3.8, 4) is 5.75 Å². The second-order valence-corrected chi connectivity index (χ2v) is 6.28. The SMILES string of the molecule is CC(=O)N[C@@H](Cc1ccc(O)cc1)C(=O)N[C@@H](Cc1ccccc1)C(N)=O. The maximum atomic E-state index is 12.7. The smallest absolute Gasteiger partial charge is 0.243 e. The van der Waals surface area contributed by atoms with Crippen LogP contribution in [-0.4, -0.2) is 34.9 Å². The lowest BCUT2D eigenvalue weighted by Crippen LogP contribution is -2.54. The van der Waals surface area contributed by atoms with Crippen molar-refractivity contribution in [1.29, 1.82) is 0 Å². The van der Waals surface area contributed by atoms with Crippen molar-refractivity contribution in [3.05, 3.63) is 65.7 Å². The van der Waals surface area contributed by atoms with Crippen molar-refractivity contribution in [1.82, 2.24) is 10.6 Å². The molecule has 0 bridgehead atoms. The molecule has 5 N–H and O–H groups in total. The van der Waals surface area contributed by atoms with E-state index in [0.717, 1.165) is 11.1 Å². The molecule has 7 nitrogen and oxygen atoms in total. The third kappa shape index (κ3) is 6.47. The largest absolute Gasteiger partial charge is 0.508 e. The number of amides is 3. The zero-order valence-electron chi connectivity index (χ0n) is 15.0. The van der Waals surface area contributed by atoms with Crippen molar-refractivity contribution in [2.24, 2.45) is 5.73 Å². The lowest BCUT2D eigenvalue weighted by Gasteiger charge is -2.22. The Bertz CT molecular complexity index is 791. The number of phenols is 1. The number of hydrogen-bond donors (Lipinski definition) is 4. The van der Waals surface area contributed by atoms with E-state index in [2.05, 4.69) is 10.6 Å². The highest BCUT2D eigenvalue weighted by Gasteiger charge is 2.25. The molecule has 0 spiro atoms. The van der Waals surface area contributed by atoms with Crippen LogP contribution in [0.15, 0.2) is 54.6 Å². The summed E-state index contributed by atoms with van der Waals surface area (Å²) in [7, 11) is 0. The van der Waals surface area contributed by atoms with E-state index in [0.29, 0.717) is 0 Å². The molecule has 0 aliphatic carbocycles. The molecule has 0 radical (unpaired) electrons. The molecule has 2 atom stereocenters. The van der Waals surface area contributed by atoms with E-state index in [1.165, 1.54) is 19.1 Å². The van der Waals surface area contributed by atoms with Gasteiger partial charge in [-0.15, -0.1) is 0 Å². The molecular formula is C20H23N3O4. The summed E-state index contributed by atoms with van der Waals surface area (Å²) in [4.78, 5) is 35.9. The average Bonchev–Trinajstić information content (AvgIpc) is 2.62. The van der Waals surface area contributed by atoms with E-state index in [4.69, 9.17) is 5.73 Å². The van der Waals surface area contributed by atoms with Crippen molar-refractivity contribution in [2.45, 2.75) is 31.8 Å². The van der Waals surface area contributed by atoms with Crippen LogP contribution < -0.4 is 16.4 Å². The highest BCUT2D eigenvalue weighted by Crippen LogP contribution is 2.12. The summed E-state index contributed by atoms with van der Waals surface area (Å²) in [6.07, 6.45) is 0.469. The Morgan fingerprint density at radius 2 is 1.44 bits per heavy atom. The molecule has 0 unspecified atom stereocenters. The molecule has 0 saturated heterocycles. The number of nitrogens with two attached hydrogens (primary N) is 1. The van der Waals surface area contributed by atoms with Gasteiger partial charge in [-0.25, -0.2) is 0 Å². The molecule has 0 aliphatic heterocycles. The van der Waals surface area contributed by atoms with Gasteiger partial charge in [0, 0.05) is 19.8 Å². The highest BCUT2D eigenvalue weighted by molar-refractivity contribution is 5.91. The maximum absolute atomic E-state index is 12.7. The lowest BCUT2D eigenvalue weighted by molar-refractivity contribution is -0.130. The number of benzene rings is 2. The van der Waals surface area contributed by atoms with Crippen molar-refractivity contribution in [3.63, 3.8) is 0 Å². The van der Waals surface area contributed by atoms with Crippen molar-refractivity contribution >= 4 is 17.7 Å². The third-order valence-corrected chi connectivity index (χ3v) is 4.01. The number of nitrogens with one attached hydrogen (secondary N) is 2. The van der Waals surface area contributed by atoms with Crippen LogP contribution in [0.2, 0.25) is 0 Å². The summed E-state index contributed by atoms with van der Waals surface area (Å²) in [6.45, 7) is 1.31. The average molecular weight is 369 g/mol. The number of hydrogen-bond acceptors (Lipinski definition) is 4. The number of rotatable bonds is 8. The van der Waals surface area contributed by atoms with Crippen LogP contribution in [0.5, 0.6) is 5.75 Å². The van der Waals surface area contributed by atoms with E-state index in [1.54, 1.807) is 12.1 Å². The van der Waals surface area contributed by atoms with Crippen molar-refractivity contribution in [2.75, 3.05) is 0 Å². The van der Waals surface area contributed by atoms with E-state index in [9.17, 15) is 19.5 Å². The molecule has 2 aromatic rings. The van der Waals surface area contributed by atoms with Crippen LogP contribution in [-0.2, 0) is 27.2 Å². The van der Waals surface area contributed by atoms with Gasteiger partial charge in [-0.3, -0.25) is 14.4 Å². The van der Waals surface area contributed by atoms with Gasteiger partial charge in [0.25, 0.3) is 0 Å². The van der Waals surface area contributed by atoms with Gasteiger partial charge < -0.3 is 21.5 Å². The van der Waals surface area contributed by atoms with Gasteiger partial charge in [0.05, 0.1) is 0 Å². The molecule has 0 heterocycles. The number of aromatic hydroxyl groups is 1. The second kappa shape index (κ2) is 9.38. The van der Waals surface area contributed by atoms with Crippen LogP contribution in [0, 0.1) is 0 Å². The Morgan fingerprint density at radius 3 is 2.00 bits per heavy atom. The Morgan fingerprint density at radius 1 is 0.889 bits per heavy atom. The van der Waals surface area contributed by atoms with Gasteiger partial charge in [-0.05, 0) is 23.3 Å². The van der Waals surface area contributed by atoms with Crippen LogP contribution in [0.3, 0.4) is 0 Å². The molecular weight excluding hydrogens is 346 g/mol. The van der Waals surface area contributed by atoms with Crippen LogP contribution >= 0.6 is 0 Å². The molecule has 2 rings (SSSR count). The summed E-state index contributed by atoms with van der Waals surface area (Å²) in [5, 5.41) is 14.6. The molecule has 7 heteroatoms. The quantitative estimate of drug-likeness (QED) is 0.546. The third-order valence-electron chi connectivity index (χ3n) is 4.01. The molecule has 0 aliphatic rings.